The molecule has 0 aromatic carbocycles. The Morgan fingerprint density at radius 2 is 2.07 bits per heavy atom. The molecule has 1 heterocycles. The number of halogens is 1. The van der Waals surface area contributed by atoms with Crippen LogP contribution in [0.25, 0.3) is 0 Å². The average Bonchev–Trinajstić information content (AvgIpc) is 2.46. The highest BCUT2D eigenvalue weighted by atomic mass is 35.5. The first-order valence-electron chi connectivity index (χ1n) is 4.80. The molecule has 1 fully saturated rings. The summed E-state index contributed by atoms with van der Waals surface area (Å²) in [6.45, 7) is 1.90. The van der Waals surface area contributed by atoms with Gasteiger partial charge < -0.3 is 27.7 Å². The molecule has 86 valence electrons. The van der Waals surface area contributed by atoms with Crippen LogP contribution in [0.3, 0.4) is 0 Å². The molecule has 1 aliphatic heterocycles. The van der Waals surface area contributed by atoms with Gasteiger partial charge >= 0.3 is 0 Å². The normalized spacial score (nSPS) is 33.9. The van der Waals surface area contributed by atoms with Gasteiger partial charge in [0.15, 0.2) is 0 Å². The third-order valence-electron chi connectivity index (χ3n) is 2.50. The zero-order valence-corrected chi connectivity index (χ0v) is 9.97. The maximum atomic E-state index is 9.62. The molecule has 4 atom stereocenters. The molecule has 0 aromatic heterocycles. The van der Waals surface area contributed by atoms with E-state index >= 15 is 0 Å². The fourth-order valence-corrected chi connectivity index (χ4v) is 4.54. The minimum absolute atomic E-state index is 0. The van der Waals surface area contributed by atoms with Gasteiger partial charge in [0.05, 0.1) is 18.6 Å². The van der Waals surface area contributed by atoms with Gasteiger partial charge in [-0.2, -0.15) is 0 Å². The molecular formula is C9H19ClO3S. The molecule has 3 nitrogen and oxygen atoms in total. The summed E-state index contributed by atoms with van der Waals surface area (Å²) in [4.78, 5) is 0. The van der Waals surface area contributed by atoms with Crippen molar-refractivity contribution in [1.82, 2.24) is 0 Å². The molecule has 1 saturated heterocycles. The largest absolute Gasteiger partial charge is 1.00 e. The summed E-state index contributed by atoms with van der Waals surface area (Å²) in [6.07, 6.45) is -0.000924. The van der Waals surface area contributed by atoms with Crippen molar-refractivity contribution in [3.8, 4) is 0 Å². The molecule has 0 aliphatic carbocycles. The van der Waals surface area contributed by atoms with Gasteiger partial charge in [0, 0.05) is 0 Å². The van der Waals surface area contributed by atoms with Crippen LogP contribution >= 0.6 is 0 Å². The van der Waals surface area contributed by atoms with E-state index in [2.05, 4.69) is 6.92 Å². The molecule has 1 rings (SSSR count). The van der Waals surface area contributed by atoms with Crippen molar-refractivity contribution in [2.45, 2.75) is 25.6 Å². The minimum Gasteiger partial charge on any atom is -1.00 e. The molecule has 14 heavy (non-hydrogen) atoms. The fourth-order valence-electron chi connectivity index (χ4n) is 1.77. The molecule has 0 saturated carbocycles. The zero-order valence-electron chi connectivity index (χ0n) is 8.40. The number of aliphatic hydroxyl groups is 3. The van der Waals surface area contributed by atoms with Gasteiger partial charge in [-0.25, -0.2) is 0 Å². The Morgan fingerprint density at radius 1 is 1.43 bits per heavy atom. The topological polar surface area (TPSA) is 60.7 Å². The van der Waals surface area contributed by atoms with E-state index < -0.39 is 12.2 Å². The molecule has 3 N–H and O–H groups in total. The Labute approximate surface area is 94.3 Å². The lowest BCUT2D eigenvalue weighted by Crippen LogP contribution is -3.00. The van der Waals surface area contributed by atoms with Gasteiger partial charge in [0.2, 0.25) is 0 Å². The van der Waals surface area contributed by atoms with E-state index in [0.717, 1.165) is 23.7 Å². The predicted octanol–water partition coefficient (Wildman–Crippen LogP) is -3.64. The van der Waals surface area contributed by atoms with Crippen LogP contribution in [0.4, 0.5) is 0 Å². The van der Waals surface area contributed by atoms with Crippen molar-refractivity contribution >= 4 is 10.9 Å². The van der Waals surface area contributed by atoms with E-state index in [1.54, 1.807) is 0 Å². The van der Waals surface area contributed by atoms with E-state index in [9.17, 15) is 10.2 Å². The van der Waals surface area contributed by atoms with Crippen molar-refractivity contribution in [2.75, 3.05) is 23.9 Å². The molecule has 5 heteroatoms. The zero-order chi connectivity index (χ0) is 9.84. The summed E-state index contributed by atoms with van der Waals surface area (Å²) in [5.41, 5.74) is 0. The highest BCUT2D eigenvalue weighted by molar-refractivity contribution is 7.97. The molecule has 0 radical (unpaired) electrons. The first-order chi connectivity index (χ1) is 6.19. The minimum atomic E-state index is -0.732. The highest BCUT2D eigenvalue weighted by Gasteiger charge is 2.43. The van der Waals surface area contributed by atoms with Crippen LogP contribution in [0.15, 0.2) is 0 Å². The van der Waals surface area contributed by atoms with Gasteiger partial charge in [-0.15, -0.1) is 0 Å². The highest BCUT2D eigenvalue weighted by Crippen LogP contribution is 2.24. The van der Waals surface area contributed by atoms with Crippen molar-refractivity contribution in [1.29, 1.82) is 0 Å². The van der Waals surface area contributed by atoms with E-state index in [4.69, 9.17) is 5.11 Å². The summed E-state index contributed by atoms with van der Waals surface area (Å²) >= 11 is 0. The van der Waals surface area contributed by atoms with E-state index in [-0.39, 0.29) is 35.8 Å². The van der Waals surface area contributed by atoms with Crippen LogP contribution < -0.4 is 12.4 Å². The fraction of sp³-hybridized carbons (Fsp3) is 1.00. The number of hydrogen-bond acceptors (Lipinski definition) is 3. The lowest BCUT2D eigenvalue weighted by Gasteiger charge is -2.14. The Hall–Kier alpha value is 0.520. The third kappa shape index (κ3) is 3.59. The van der Waals surface area contributed by atoms with Crippen molar-refractivity contribution in [2.24, 2.45) is 5.92 Å². The van der Waals surface area contributed by atoms with Crippen molar-refractivity contribution in [3.63, 3.8) is 0 Å². The monoisotopic (exact) mass is 242 g/mol. The van der Waals surface area contributed by atoms with Crippen LogP contribution in [0, 0.1) is 5.92 Å². The van der Waals surface area contributed by atoms with Gasteiger partial charge in [-0.3, -0.25) is 0 Å². The maximum Gasteiger partial charge on any atom is 0.134 e. The Balaban J connectivity index is 0.00000169. The van der Waals surface area contributed by atoms with E-state index in [1.165, 1.54) is 0 Å². The van der Waals surface area contributed by atoms with E-state index in [1.807, 2.05) is 0 Å². The molecule has 1 aliphatic rings. The van der Waals surface area contributed by atoms with Crippen molar-refractivity contribution in [3.05, 3.63) is 0 Å². The van der Waals surface area contributed by atoms with Gasteiger partial charge in [0.25, 0.3) is 0 Å². The summed E-state index contributed by atoms with van der Waals surface area (Å²) in [6, 6.07) is 0. The van der Waals surface area contributed by atoms with Gasteiger partial charge in [0.1, 0.15) is 23.4 Å². The van der Waals surface area contributed by atoms with Crippen LogP contribution in [0.5, 0.6) is 0 Å². The van der Waals surface area contributed by atoms with Gasteiger partial charge in [-0.05, 0) is 17.3 Å². The molecule has 1 unspecified atom stereocenters. The smallest absolute Gasteiger partial charge is 0.134 e. The van der Waals surface area contributed by atoms with Crippen LogP contribution in [-0.2, 0) is 10.9 Å². The van der Waals surface area contributed by atoms with E-state index in [0.29, 0.717) is 0 Å². The Morgan fingerprint density at radius 3 is 2.57 bits per heavy atom. The van der Waals surface area contributed by atoms with Gasteiger partial charge in [-0.1, -0.05) is 6.92 Å². The maximum absolute atomic E-state index is 9.62. The molecule has 0 aromatic rings. The second-order valence-electron chi connectivity index (χ2n) is 3.63. The summed E-state index contributed by atoms with van der Waals surface area (Å²) in [5, 5.41) is 27.8. The molecular weight excluding hydrogens is 224 g/mol. The lowest BCUT2D eigenvalue weighted by molar-refractivity contribution is -0.0000312. The summed E-state index contributed by atoms with van der Waals surface area (Å²) in [5.74, 6) is 2.75. The van der Waals surface area contributed by atoms with Crippen LogP contribution in [0.1, 0.15) is 13.3 Å². The first kappa shape index (κ1) is 14.5. The third-order valence-corrected chi connectivity index (χ3v) is 5.16. The number of hydrogen-bond donors (Lipinski definition) is 3. The first-order valence-corrected chi connectivity index (χ1v) is 6.53. The Bertz CT molecular complexity index is 159. The predicted molar refractivity (Wildman–Crippen MR) is 54.8 cm³/mol. The number of rotatable bonds is 4. The number of aliphatic hydroxyl groups excluding tert-OH is 3. The van der Waals surface area contributed by atoms with Crippen LogP contribution in [-0.4, -0.2) is 51.4 Å². The quantitative estimate of drug-likeness (QED) is 0.446. The standard InChI is InChI=1S/C9H19O3S.ClH/c1-2-3-13-5-7(8(11)4-10)9(12)6-13;/h7-12H,2-6H2,1H3;1H/q+1;/p-1/t7-,8-,9-,13?;/m1./s1. The lowest BCUT2D eigenvalue weighted by atomic mass is 10.0. The second-order valence-corrected chi connectivity index (χ2v) is 5.93. The SMILES string of the molecule is CCC[S+]1C[C@H]([C@H](O)CO)[C@H](O)C1.[Cl-]. The Kier molecular flexibility index (Phi) is 7.16. The summed E-state index contributed by atoms with van der Waals surface area (Å²) < 4.78 is 0. The molecule has 0 spiro atoms. The van der Waals surface area contributed by atoms with Crippen molar-refractivity contribution < 1.29 is 27.7 Å². The van der Waals surface area contributed by atoms with Crippen LogP contribution in [0.2, 0.25) is 0 Å². The second kappa shape index (κ2) is 6.90. The average molecular weight is 243 g/mol. The molecule has 0 amide bonds. The summed E-state index contributed by atoms with van der Waals surface area (Å²) in [7, 11) is 0.269. The molecule has 0 bridgehead atoms.